The summed E-state index contributed by atoms with van der Waals surface area (Å²) in [5, 5.41) is 50.5. The van der Waals surface area contributed by atoms with Crippen LogP contribution in [0.5, 0.6) is 0 Å². The monoisotopic (exact) mass is 1270 g/mol. The molecule has 18 nitrogen and oxygen atoms in total. The molecule has 0 spiro atoms. The molecule has 9 heterocycles. The minimum Gasteiger partial charge on any atom is -0.336 e. The van der Waals surface area contributed by atoms with Crippen LogP contribution in [0.2, 0.25) is 0 Å². The number of alkyl halides is 9. The van der Waals surface area contributed by atoms with Crippen LogP contribution in [0.25, 0.3) is 16.9 Å². The van der Waals surface area contributed by atoms with Crippen LogP contribution < -0.4 is 0 Å². The lowest BCUT2D eigenvalue weighted by Gasteiger charge is -2.33. The van der Waals surface area contributed by atoms with Crippen molar-refractivity contribution in [3.8, 4) is 18.2 Å². The highest BCUT2D eigenvalue weighted by molar-refractivity contribution is 5.93. The number of rotatable bonds is 6. The first kappa shape index (κ1) is 63.5. The molecule has 0 bridgehead atoms. The maximum absolute atomic E-state index is 13.9. The lowest BCUT2D eigenvalue weighted by atomic mass is 9.86. The second-order valence-corrected chi connectivity index (χ2v) is 21.3. The number of nitriles is 3. The van der Waals surface area contributed by atoms with Crippen molar-refractivity contribution >= 4 is 34.7 Å². The molecular formula is C60H44F13N15O3. The number of hydrogen-bond donors (Lipinski definition) is 0. The highest BCUT2D eigenvalue weighted by atomic mass is 19.4. The molecule has 3 amide bonds. The van der Waals surface area contributed by atoms with Gasteiger partial charge in [0.15, 0.2) is 16.9 Å². The number of nitrogens with zero attached hydrogens (tertiary/aromatic N) is 15. The zero-order chi connectivity index (χ0) is 65.3. The Balaban J connectivity index is 0.000000150. The summed E-state index contributed by atoms with van der Waals surface area (Å²) in [5.41, 5.74) is -2.01. The maximum atomic E-state index is 13.9. The Morgan fingerprint density at radius 2 is 0.769 bits per heavy atom. The number of pyridine rings is 3. The van der Waals surface area contributed by atoms with Crippen LogP contribution in [0.3, 0.4) is 0 Å². The molecule has 3 saturated heterocycles. The third kappa shape index (κ3) is 13.4. The molecule has 6 aromatic heterocycles. The van der Waals surface area contributed by atoms with Crippen LogP contribution in [0.4, 0.5) is 57.1 Å². The van der Waals surface area contributed by atoms with Crippen molar-refractivity contribution in [1.29, 1.82) is 15.8 Å². The predicted molar refractivity (Wildman–Crippen MR) is 291 cm³/mol. The summed E-state index contributed by atoms with van der Waals surface area (Å²) in [6.45, 7) is 0.945. The molecule has 3 fully saturated rings. The summed E-state index contributed by atoms with van der Waals surface area (Å²) in [6, 6.07) is 22.0. The van der Waals surface area contributed by atoms with Gasteiger partial charge in [-0.25, -0.2) is 17.6 Å². The van der Waals surface area contributed by atoms with Crippen molar-refractivity contribution < 1.29 is 71.5 Å². The van der Waals surface area contributed by atoms with E-state index in [2.05, 4.69) is 30.6 Å². The molecule has 3 aliphatic heterocycles. The summed E-state index contributed by atoms with van der Waals surface area (Å²) in [7, 11) is 0. The van der Waals surface area contributed by atoms with Crippen molar-refractivity contribution in [3.63, 3.8) is 0 Å². The largest absolute Gasteiger partial charge is 0.419 e. The highest BCUT2D eigenvalue weighted by Gasteiger charge is 2.42. The van der Waals surface area contributed by atoms with Gasteiger partial charge in [0.05, 0.1) is 33.4 Å². The van der Waals surface area contributed by atoms with E-state index in [4.69, 9.17) is 15.8 Å². The van der Waals surface area contributed by atoms with Gasteiger partial charge in [0, 0.05) is 63.9 Å². The first-order chi connectivity index (χ1) is 43.3. The molecule has 9 aromatic rings. The van der Waals surface area contributed by atoms with Crippen molar-refractivity contribution in [2.75, 3.05) is 39.3 Å². The molecule has 31 heteroatoms. The number of carbonyl (C=O) groups is 3. The molecule has 0 aliphatic carbocycles. The number of amides is 3. The van der Waals surface area contributed by atoms with Gasteiger partial charge in [-0.15, -0.1) is 30.6 Å². The smallest absolute Gasteiger partial charge is 0.336 e. The van der Waals surface area contributed by atoms with Crippen molar-refractivity contribution in [3.05, 3.63) is 194 Å². The zero-order valence-electron chi connectivity index (χ0n) is 46.9. The second kappa shape index (κ2) is 25.5. The molecule has 0 unspecified atom stereocenters. The lowest BCUT2D eigenvalue weighted by Crippen LogP contribution is -2.39. The Kier molecular flexibility index (Phi) is 17.8. The Bertz CT molecular complexity index is 4280. The minimum absolute atomic E-state index is 0.0293. The van der Waals surface area contributed by atoms with Crippen molar-refractivity contribution in [1.82, 2.24) is 58.5 Å². The van der Waals surface area contributed by atoms with Crippen LogP contribution in [0, 0.1) is 57.3 Å². The normalized spacial score (nSPS) is 15.3. The quantitative estimate of drug-likeness (QED) is 0.142. The van der Waals surface area contributed by atoms with Crippen molar-refractivity contribution in [2.24, 2.45) is 0 Å². The lowest BCUT2D eigenvalue weighted by molar-refractivity contribution is -0.141. The number of fused-ring (bicyclic) bond motifs is 3. The van der Waals surface area contributed by atoms with E-state index in [-0.39, 0.29) is 112 Å². The SMILES string of the molecule is N#Cc1ccc2nnc(C(=O)N3CCC(c4cc(F)cc(F)c4C(F)(F)F)CC3)n2c1.N#Cc1ccc2nnc(C(=O)N3CCC(c4cc(F)ccc4C(F)(F)F)CC3)n2c1.N#Cc1ccc2nnc(C(=O)N3CCC(c4cccc(F)c4C(F)(F)F)CC3)n2c1. The Labute approximate surface area is 505 Å². The maximum Gasteiger partial charge on any atom is 0.419 e. The topological polar surface area (TPSA) is 223 Å². The number of carbonyl (C=O) groups excluding carboxylic acids is 3. The Morgan fingerprint density at radius 1 is 0.407 bits per heavy atom. The van der Waals surface area contributed by atoms with Gasteiger partial charge in [0.1, 0.15) is 41.5 Å². The van der Waals surface area contributed by atoms with Gasteiger partial charge in [0.2, 0.25) is 17.5 Å². The molecule has 0 saturated carbocycles. The fraction of sp³-hybridized carbons (Fsp3) is 0.300. The van der Waals surface area contributed by atoms with E-state index in [1.165, 1.54) is 70.8 Å². The summed E-state index contributed by atoms with van der Waals surface area (Å²) < 4.78 is 179. The molecule has 91 heavy (non-hydrogen) atoms. The summed E-state index contributed by atoms with van der Waals surface area (Å²) in [6.07, 6.45) is -8.75. The van der Waals surface area contributed by atoms with Crippen LogP contribution in [-0.2, 0) is 18.5 Å². The number of aromatic nitrogens is 9. The fourth-order valence-corrected chi connectivity index (χ4v) is 11.4. The zero-order valence-corrected chi connectivity index (χ0v) is 46.9. The van der Waals surface area contributed by atoms with Gasteiger partial charge >= 0.3 is 18.5 Å². The van der Waals surface area contributed by atoms with Gasteiger partial charge in [-0.1, -0.05) is 12.1 Å². The van der Waals surface area contributed by atoms with Crippen LogP contribution in [0.15, 0.2) is 104 Å². The number of piperidine rings is 3. The van der Waals surface area contributed by atoms with Crippen LogP contribution in [0.1, 0.15) is 138 Å². The molecule has 0 atom stereocenters. The molecular weight excluding hydrogens is 1230 g/mol. The van der Waals surface area contributed by atoms with Gasteiger partial charge in [-0.3, -0.25) is 27.6 Å². The average molecular weight is 1270 g/mol. The molecule has 0 radical (unpaired) electrons. The first-order valence-electron chi connectivity index (χ1n) is 27.7. The fourth-order valence-electron chi connectivity index (χ4n) is 11.4. The van der Waals surface area contributed by atoms with E-state index in [9.17, 15) is 71.5 Å². The van der Waals surface area contributed by atoms with E-state index in [0.717, 1.165) is 24.3 Å². The van der Waals surface area contributed by atoms with Crippen LogP contribution in [-0.4, -0.2) is 115 Å². The van der Waals surface area contributed by atoms with Gasteiger partial charge in [-0.2, -0.15) is 55.3 Å². The minimum atomic E-state index is -4.96. The molecule has 468 valence electrons. The molecule has 0 N–H and O–H groups in total. The van der Waals surface area contributed by atoms with Crippen LogP contribution >= 0.6 is 0 Å². The molecule has 12 rings (SSSR count). The van der Waals surface area contributed by atoms with Crippen molar-refractivity contribution in [2.45, 2.75) is 74.8 Å². The number of likely N-dealkylation sites (tertiary alicyclic amines) is 3. The molecule has 3 aliphatic rings. The number of benzene rings is 3. The predicted octanol–water partition coefficient (Wildman–Crippen LogP) is 11.5. The van der Waals surface area contributed by atoms with Gasteiger partial charge < -0.3 is 14.7 Å². The molecule has 3 aromatic carbocycles. The van der Waals surface area contributed by atoms with E-state index >= 15 is 0 Å². The summed E-state index contributed by atoms with van der Waals surface area (Å²) in [4.78, 5) is 43.0. The summed E-state index contributed by atoms with van der Waals surface area (Å²) in [5.74, 6) is -7.84. The van der Waals surface area contributed by atoms with E-state index < -0.39 is 99.5 Å². The van der Waals surface area contributed by atoms with E-state index in [1.807, 2.05) is 18.2 Å². The third-order valence-corrected chi connectivity index (χ3v) is 15.9. The third-order valence-electron chi connectivity index (χ3n) is 15.9. The average Bonchev–Trinajstić information content (AvgIpc) is 1.70. The number of halogens is 13. The van der Waals surface area contributed by atoms with E-state index in [0.29, 0.717) is 39.7 Å². The standard InChI is InChI=1S/C20H14F5N5O.2C20H15F4N5O/c21-13-7-14(17(15(22)8-13)20(23,24)25)12-3-5-29(6-4-12)19(31)18-28-27-16-2-1-11(9-26)10-30(16)18;21-14-2-3-16(20(22,23)24)15(9-14)13-5-7-28(8-6-13)19(30)18-27-26-17-4-1-12(10-25)11-29(17)18;21-15-3-1-2-14(17(15)20(22,23)24)13-6-8-28(9-7-13)19(30)18-27-26-16-5-4-12(10-25)11-29(16)18/h1-2,7-8,10,12H,3-6H2;1-4,9,11,13H,5-8H2;1-5,11,13H,6-9H2. The van der Waals surface area contributed by atoms with Gasteiger partial charge in [0.25, 0.3) is 17.7 Å². The Morgan fingerprint density at radius 3 is 1.14 bits per heavy atom. The number of hydrogen-bond acceptors (Lipinski definition) is 12. The highest BCUT2D eigenvalue weighted by Crippen LogP contribution is 2.43. The Hall–Kier alpha value is -10.5. The second-order valence-electron chi connectivity index (χ2n) is 21.3. The van der Waals surface area contributed by atoms with E-state index in [1.54, 1.807) is 24.3 Å². The van der Waals surface area contributed by atoms with Gasteiger partial charge in [-0.05, 0) is 140 Å². The first-order valence-corrected chi connectivity index (χ1v) is 27.7. The summed E-state index contributed by atoms with van der Waals surface area (Å²) >= 11 is 0.